The molecule has 6 heteroatoms. The number of rotatable bonds is 1. The summed E-state index contributed by atoms with van der Waals surface area (Å²) >= 11 is 4.70. The van der Waals surface area contributed by atoms with Crippen molar-refractivity contribution >= 4 is 27.2 Å². The fourth-order valence-electron chi connectivity index (χ4n) is 0.852. The monoisotopic (exact) mass is 207 g/mol. The van der Waals surface area contributed by atoms with E-state index in [1.807, 2.05) is 0 Å². The van der Waals surface area contributed by atoms with E-state index in [1.165, 1.54) is 7.11 Å². The minimum absolute atomic E-state index is 0.0243. The lowest BCUT2D eigenvalue weighted by molar-refractivity contribution is 0.398. The van der Waals surface area contributed by atoms with Crippen molar-refractivity contribution in [2.24, 2.45) is 0 Å². The molecule has 0 aromatic rings. The lowest BCUT2D eigenvalue weighted by Gasteiger charge is -2.04. The zero-order valence-corrected chi connectivity index (χ0v) is 8.17. The molecular weight excluding hydrogens is 198 g/mol. The molecule has 0 aromatic carbocycles. The molecule has 0 amide bonds. The van der Waals surface area contributed by atoms with E-state index < -0.39 is 9.84 Å². The van der Waals surface area contributed by atoms with Gasteiger partial charge in [-0.05, 0) is 18.3 Å². The summed E-state index contributed by atoms with van der Waals surface area (Å²) in [6.45, 7) is 0. The molecule has 0 bridgehead atoms. The maximum atomic E-state index is 10.9. The van der Waals surface area contributed by atoms with E-state index in [0.717, 1.165) is 0 Å². The highest BCUT2D eigenvalue weighted by molar-refractivity contribution is 7.92. The fraction of sp³-hybridized carbons (Fsp3) is 0.500. The van der Waals surface area contributed by atoms with E-state index >= 15 is 0 Å². The van der Waals surface area contributed by atoms with Crippen LogP contribution < -0.4 is 5.32 Å². The van der Waals surface area contributed by atoms with Crippen molar-refractivity contribution in [1.82, 2.24) is 5.32 Å². The van der Waals surface area contributed by atoms with Crippen molar-refractivity contribution in [3.8, 4) is 0 Å². The summed E-state index contributed by atoms with van der Waals surface area (Å²) in [5.74, 6) is 0.109. The molecule has 0 saturated heterocycles. The largest absolute Gasteiger partial charge is 0.474 e. The van der Waals surface area contributed by atoms with Gasteiger partial charge in [0.15, 0.2) is 9.84 Å². The van der Waals surface area contributed by atoms with Gasteiger partial charge in [0, 0.05) is 5.70 Å². The molecule has 1 aliphatic heterocycles. The first kappa shape index (κ1) is 9.47. The molecule has 12 heavy (non-hydrogen) atoms. The van der Waals surface area contributed by atoms with E-state index in [1.54, 1.807) is 6.08 Å². The van der Waals surface area contributed by atoms with Gasteiger partial charge in [0.05, 0.1) is 18.6 Å². The zero-order chi connectivity index (χ0) is 9.19. The van der Waals surface area contributed by atoms with Crippen LogP contribution in [0.4, 0.5) is 0 Å². The van der Waals surface area contributed by atoms with Crippen molar-refractivity contribution in [1.29, 1.82) is 0 Å². The molecule has 1 heterocycles. The molecule has 1 rings (SSSR count). The van der Waals surface area contributed by atoms with E-state index in [4.69, 9.17) is 12.2 Å². The highest BCUT2D eigenvalue weighted by Gasteiger charge is 2.20. The second-order valence-corrected chi connectivity index (χ2v) is 4.88. The zero-order valence-electron chi connectivity index (χ0n) is 6.53. The second kappa shape index (κ2) is 3.40. The van der Waals surface area contributed by atoms with Gasteiger partial charge in [-0.1, -0.05) is 0 Å². The predicted molar refractivity (Wildman–Crippen MR) is 49.5 cm³/mol. The number of thiocarbonyl (C=S) groups is 1. The third-order valence-electron chi connectivity index (χ3n) is 1.41. The molecule has 0 saturated carbocycles. The van der Waals surface area contributed by atoms with Gasteiger partial charge in [-0.3, -0.25) is 0 Å². The van der Waals surface area contributed by atoms with Crippen molar-refractivity contribution in [3.63, 3.8) is 0 Å². The number of hydrogen-bond acceptors (Lipinski definition) is 4. The highest BCUT2D eigenvalue weighted by Crippen LogP contribution is 2.08. The summed E-state index contributed by atoms with van der Waals surface area (Å²) in [5.41, 5.74) is 0.599. The molecule has 0 radical (unpaired) electrons. The molecule has 0 fully saturated rings. The van der Waals surface area contributed by atoms with E-state index in [-0.39, 0.29) is 16.7 Å². The van der Waals surface area contributed by atoms with Gasteiger partial charge < -0.3 is 10.1 Å². The molecule has 0 unspecified atom stereocenters. The van der Waals surface area contributed by atoms with Crippen LogP contribution in [0.15, 0.2) is 11.8 Å². The van der Waals surface area contributed by atoms with Crippen LogP contribution in [0.5, 0.6) is 0 Å². The molecule has 4 nitrogen and oxygen atoms in total. The van der Waals surface area contributed by atoms with Crippen molar-refractivity contribution in [2.45, 2.75) is 0 Å². The van der Waals surface area contributed by atoms with Crippen molar-refractivity contribution in [2.75, 3.05) is 18.6 Å². The van der Waals surface area contributed by atoms with Crippen LogP contribution in [0.25, 0.3) is 0 Å². The number of nitrogens with one attached hydrogen (secondary N) is 1. The van der Waals surface area contributed by atoms with Crippen molar-refractivity contribution < 1.29 is 13.2 Å². The average Bonchev–Trinajstić information content (AvgIpc) is 2.30. The number of ether oxygens (including phenoxy) is 1. The Morgan fingerprint density at radius 3 is 2.83 bits per heavy atom. The molecule has 68 valence electrons. The summed E-state index contributed by atoms with van der Waals surface area (Å²) in [7, 11) is -1.49. The van der Waals surface area contributed by atoms with Gasteiger partial charge in [-0.25, -0.2) is 8.42 Å². The Morgan fingerprint density at radius 2 is 2.42 bits per heavy atom. The standard InChI is InChI=1S/C6H9NO3S2/c1-10-6(11)7-5-2-3-12(8,9)4-5/h2H,3-4H2,1H3,(H,7,11). The Morgan fingerprint density at radius 1 is 1.75 bits per heavy atom. The van der Waals surface area contributed by atoms with E-state index in [9.17, 15) is 8.42 Å². The lowest BCUT2D eigenvalue weighted by atomic mass is 10.5. The molecular formula is C6H9NO3S2. The average molecular weight is 207 g/mol. The first-order valence-corrected chi connectivity index (χ1v) is 5.51. The van der Waals surface area contributed by atoms with Crippen LogP contribution in [0.2, 0.25) is 0 Å². The van der Waals surface area contributed by atoms with Crippen LogP contribution in [0, 0.1) is 0 Å². The number of methoxy groups -OCH3 is 1. The van der Waals surface area contributed by atoms with Gasteiger partial charge in [-0.2, -0.15) is 0 Å². The lowest BCUT2D eigenvalue weighted by Crippen LogP contribution is -2.23. The van der Waals surface area contributed by atoms with Crippen LogP contribution in [0.3, 0.4) is 0 Å². The van der Waals surface area contributed by atoms with Crippen LogP contribution >= 0.6 is 12.2 Å². The summed E-state index contributed by atoms with van der Waals surface area (Å²) in [4.78, 5) is 0. The molecule has 0 atom stereocenters. The van der Waals surface area contributed by atoms with Gasteiger partial charge in [0.2, 0.25) is 0 Å². The summed E-state index contributed by atoms with van der Waals surface area (Å²) in [6, 6.07) is 0. The summed E-state index contributed by atoms with van der Waals surface area (Å²) < 4.78 is 26.5. The smallest absolute Gasteiger partial charge is 0.260 e. The summed E-state index contributed by atoms with van der Waals surface area (Å²) in [6.07, 6.45) is 1.60. The SMILES string of the molecule is COC(=S)NC1=CCS(=O)(=O)C1. The minimum atomic E-state index is -2.92. The second-order valence-electron chi connectivity index (χ2n) is 2.40. The third-order valence-corrected chi connectivity index (χ3v) is 3.10. The highest BCUT2D eigenvalue weighted by atomic mass is 32.2. The van der Waals surface area contributed by atoms with Gasteiger partial charge in [-0.15, -0.1) is 0 Å². The Balaban J connectivity index is 2.53. The number of sulfone groups is 1. The Bertz CT molecular complexity index is 318. The normalized spacial score (nSPS) is 19.9. The van der Waals surface area contributed by atoms with Crippen molar-refractivity contribution in [3.05, 3.63) is 11.8 Å². The minimum Gasteiger partial charge on any atom is -0.474 e. The fourth-order valence-corrected chi connectivity index (χ4v) is 2.22. The third kappa shape index (κ3) is 2.46. The predicted octanol–water partition coefficient (Wildman–Crippen LogP) is -0.180. The molecule has 1 aliphatic rings. The van der Waals surface area contributed by atoms with E-state index in [2.05, 4.69) is 10.1 Å². The van der Waals surface area contributed by atoms with Crippen LogP contribution in [-0.2, 0) is 14.6 Å². The maximum absolute atomic E-state index is 10.9. The molecule has 1 N–H and O–H groups in total. The molecule has 0 aromatic heterocycles. The van der Waals surface area contributed by atoms with Crippen LogP contribution in [0.1, 0.15) is 0 Å². The topological polar surface area (TPSA) is 55.4 Å². The Hall–Kier alpha value is -0.620. The van der Waals surface area contributed by atoms with Gasteiger partial charge in [0.25, 0.3) is 5.17 Å². The maximum Gasteiger partial charge on any atom is 0.260 e. The Kier molecular flexibility index (Phi) is 2.69. The number of hydrogen-bond donors (Lipinski definition) is 1. The van der Waals surface area contributed by atoms with Gasteiger partial charge >= 0.3 is 0 Å². The first-order chi connectivity index (χ1) is 5.53. The summed E-state index contributed by atoms with van der Waals surface area (Å²) in [5, 5.41) is 2.87. The first-order valence-electron chi connectivity index (χ1n) is 3.28. The Labute approximate surface area is 76.5 Å². The van der Waals surface area contributed by atoms with Crippen LogP contribution in [-0.4, -0.2) is 32.2 Å². The molecule has 0 aliphatic carbocycles. The quantitative estimate of drug-likeness (QED) is 0.604. The van der Waals surface area contributed by atoms with E-state index in [0.29, 0.717) is 5.70 Å². The molecule has 0 spiro atoms. The van der Waals surface area contributed by atoms with Gasteiger partial charge in [0.1, 0.15) is 0 Å².